The summed E-state index contributed by atoms with van der Waals surface area (Å²) >= 11 is 3.55. The number of ether oxygens (including phenoxy) is 2. The molecule has 2 aromatic carbocycles. The SMILES string of the molecule is CC[C@@H](C)NC(=O)[C@@H](CC)N(Cc1ccc(OC)cc1)C(=O)COc1cc(C)c(Br)c(C)c1. The normalized spacial score (nSPS) is 12.6. The van der Waals surface area contributed by atoms with Gasteiger partial charge in [-0.1, -0.05) is 41.9 Å². The Morgan fingerprint density at radius 3 is 2.15 bits per heavy atom. The highest BCUT2D eigenvalue weighted by molar-refractivity contribution is 9.10. The van der Waals surface area contributed by atoms with E-state index in [1.54, 1.807) is 12.0 Å². The molecule has 0 bridgehead atoms. The first kappa shape index (κ1) is 26.7. The third kappa shape index (κ3) is 7.49. The van der Waals surface area contributed by atoms with Gasteiger partial charge in [0.15, 0.2) is 6.61 Å². The van der Waals surface area contributed by atoms with E-state index in [4.69, 9.17) is 9.47 Å². The van der Waals surface area contributed by atoms with Crippen molar-refractivity contribution in [2.24, 2.45) is 0 Å². The molecule has 0 aromatic heterocycles. The van der Waals surface area contributed by atoms with Gasteiger partial charge in [-0.25, -0.2) is 0 Å². The van der Waals surface area contributed by atoms with E-state index in [-0.39, 0.29) is 24.5 Å². The molecule has 2 amide bonds. The largest absolute Gasteiger partial charge is 0.497 e. The number of carbonyl (C=O) groups is 2. The van der Waals surface area contributed by atoms with Crippen molar-refractivity contribution in [2.45, 2.75) is 66.1 Å². The van der Waals surface area contributed by atoms with Gasteiger partial charge in [0.2, 0.25) is 5.91 Å². The third-order valence-electron chi connectivity index (χ3n) is 5.67. The van der Waals surface area contributed by atoms with E-state index in [0.29, 0.717) is 18.7 Å². The van der Waals surface area contributed by atoms with Crippen LogP contribution in [0.25, 0.3) is 0 Å². The molecule has 2 rings (SSSR count). The van der Waals surface area contributed by atoms with Crippen molar-refractivity contribution in [1.82, 2.24) is 10.2 Å². The van der Waals surface area contributed by atoms with Gasteiger partial charge in [0.25, 0.3) is 5.91 Å². The maximum atomic E-state index is 13.3. The van der Waals surface area contributed by atoms with Gasteiger partial charge in [-0.15, -0.1) is 0 Å². The minimum absolute atomic E-state index is 0.0365. The average molecular weight is 519 g/mol. The Kier molecular flexibility index (Phi) is 10.2. The fourth-order valence-electron chi connectivity index (χ4n) is 3.51. The van der Waals surface area contributed by atoms with Gasteiger partial charge in [-0.2, -0.15) is 0 Å². The van der Waals surface area contributed by atoms with Crippen LogP contribution in [0.15, 0.2) is 40.9 Å². The molecule has 6 nitrogen and oxygen atoms in total. The average Bonchev–Trinajstić information content (AvgIpc) is 2.80. The van der Waals surface area contributed by atoms with Crippen molar-refractivity contribution >= 4 is 27.7 Å². The second-order valence-electron chi connectivity index (χ2n) is 8.27. The second kappa shape index (κ2) is 12.6. The van der Waals surface area contributed by atoms with Crippen molar-refractivity contribution in [1.29, 1.82) is 0 Å². The van der Waals surface area contributed by atoms with Gasteiger partial charge in [-0.3, -0.25) is 9.59 Å². The molecule has 2 atom stereocenters. The Morgan fingerprint density at radius 1 is 1.03 bits per heavy atom. The third-order valence-corrected chi connectivity index (χ3v) is 6.92. The zero-order valence-corrected chi connectivity index (χ0v) is 22.0. The number of benzene rings is 2. The Hall–Kier alpha value is -2.54. The van der Waals surface area contributed by atoms with Gasteiger partial charge in [-0.05, 0) is 74.6 Å². The van der Waals surface area contributed by atoms with Gasteiger partial charge >= 0.3 is 0 Å². The first-order chi connectivity index (χ1) is 15.7. The predicted octanol–water partition coefficient (Wildman–Crippen LogP) is 5.18. The first-order valence-corrected chi connectivity index (χ1v) is 12.1. The quantitative estimate of drug-likeness (QED) is 0.445. The summed E-state index contributed by atoms with van der Waals surface area (Å²) in [5, 5.41) is 3.02. The number of carbonyl (C=O) groups excluding carboxylic acids is 2. The van der Waals surface area contributed by atoms with E-state index in [0.717, 1.165) is 33.3 Å². The molecule has 0 aliphatic rings. The van der Waals surface area contributed by atoms with Crippen LogP contribution >= 0.6 is 15.9 Å². The molecule has 0 spiro atoms. The number of halogens is 1. The fraction of sp³-hybridized carbons (Fsp3) is 0.462. The molecular weight excluding hydrogens is 484 g/mol. The molecular formula is C26H35BrN2O4. The molecule has 0 aliphatic carbocycles. The lowest BCUT2D eigenvalue weighted by atomic mass is 10.1. The number of aryl methyl sites for hydroxylation is 2. The number of nitrogens with zero attached hydrogens (tertiary/aromatic N) is 1. The molecule has 2 aromatic rings. The maximum absolute atomic E-state index is 13.3. The van der Waals surface area contributed by atoms with Crippen LogP contribution in [-0.4, -0.2) is 42.5 Å². The van der Waals surface area contributed by atoms with Crippen LogP contribution in [0, 0.1) is 13.8 Å². The minimum atomic E-state index is -0.592. The molecule has 0 saturated carbocycles. The number of amides is 2. The summed E-state index contributed by atoms with van der Waals surface area (Å²) in [5.74, 6) is 0.977. The summed E-state index contributed by atoms with van der Waals surface area (Å²) in [4.78, 5) is 27.9. The highest BCUT2D eigenvalue weighted by Gasteiger charge is 2.29. The maximum Gasteiger partial charge on any atom is 0.261 e. The molecule has 7 heteroatoms. The molecule has 0 radical (unpaired) electrons. The van der Waals surface area contributed by atoms with Crippen LogP contribution in [0.2, 0.25) is 0 Å². The van der Waals surface area contributed by atoms with Crippen LogP contribution in [0.4, 0.5) is 0 Å². The van der Waals surface area contributed by atoms with E-state index in [9.17, 15) is 9.59 Å². The first-order valence-electron chi connectivity index (χ1n) is 11.3. The minimum Gasteiger partial charge on any atom is -0.497 e. The van der Waals surface area contributed by atoms with E-state index < -0.39 is 6.04 Å². The zero-order chi connectivity index (χ0) is 24.5. The number of hydrogen-bond donors (Lipinski definition) is 1. The highest BCUT2D eigenvalue weighted by Crippen LogP contribution is 2.26. The van der Waals surface area contributed by atoms with Crippen LogP contribution < -0.4 is 14.8 Å². The summed E-state index contributed by atoms with van der Waals surface area (Å²) in [7, 11) is 1.61. The van der Waals surface area contributed by atoms with Crippen molar-refractivity contribution < 1.29 is 19.1 Å². The van der Waals surface area contributed by atoms with E-state index in [1.165, 1.54) is 0 Å². The van der Waals surface area contributed by atoms with Crippen LogP contribution in [0.1, 0.15) is 50.3 Å². The number of nitrogens with one attached hydrogen (secondary N) is 1. The Labute approximate surface area is 205 Å². The second-order valence-corrected chi connectivity index (χ2v) is 9.06. The van der Waals surface area contributed by atoms with Crippen molar-refractivity contribution in [3.05, 3.63) is 57.6 Å². The lowest BCUT2D eigenvalue weighted by Crippen LogP contribution is -2.51. The summed E-state index contributed by atoms with van der Waals surface area (Å²) in [6.45, 7) is 10.0. The predicted molar refractivity (Wildman–Crippen MR) is 135 cm³/mol. The number of hydrogen-bond acceptors (Lipinski definition) is 4. The smallest absolute Gasteiger partial charge is 0.261 e. The molecule has 1 N–H and O–H groups in total. The number of rotatable bonds is 11. The van der Waals surface area contributed by atoms with E-state index in [2.05, 4.69) is 21.2 Å². The van der Waals surface area contributed by atoms with E-state index in [1.807, 2.05) is 71.0 Å². The van der Waals surface area contributed by atoms with Crippen LogP contribution in [-0.2, 0) is 16.1 Å². The Bertz CT molecular complexity index is 923. The lowest BCUT2D eigenvalue weighted by Gasteiger charge is -2.31. The van der Waals surface area contributed by atoms with Gasteiger partial charge < -0.3 is 19.7 Å². The Morgan fingerprint density at radius 2 is 1.64 bits per heavy atom. The van der Waals surface area contributed by atoms with E-state index >= 15 is 0 Å². The molecule has 180 valence electrons. The zero-order valence-electron chi connectivity index (χ0n) is 20.4. The lowest BCUT2D eigenvalue weighted by molar-refractivity contribution is -0.143. The number of methoxy groups -OCH3 is 1. The van der Waals surface area contributed by atoms with Gasteiger partial charge in [0, 0.05) is 17.1 Å². The standard InChI is InChI=1S/C26H35BrN2O4/c1-7-19(5)28-26(31)23(8-2)29(15-20-9-11-21(32-6)12-10-20)24(30)16-33-22-13-17(3)25(27)18(4)14-22/h9-14,19,23H,7-8,15-16H2,1-6H3,(H,28,31)/t19-,23-/m1/s1. The molecule has 0 fully saturated rings. The molecule has 0 heterocycles. The van der Waals surface area contributed by atoms with Crippen molar-refractivity contribution in [3.63, 3.8) is 0 Å². The summed E-state index contributed by atoms with van der Waals surface area (Å²) in [6, 6.07) is 10.7. The molecule has 0 unspecified atom stereocenters. The van der Waals surface area contributed by atoms with Gasteiger partial charge in [0.1, 0.15) is 17.5 Å². The van der Waals surface area contributed by atoms with Gasteiger partial charge in [0.05, 0.1) is 7.11 Å². The molecule has 33 heavy (non-hydrogen) atoms. The summed E-state index contributed by atoms with van der Waals surface area (Å²) < 4.78 is 12.1. The summed E-state index contributed by atoms with van der Waals surface area (Å²) in [6.07, 6.45) is 1.32. The van der Waals surface area contributed by atoms with Crippen LogP contribution in [0.3, 0.4) is 0 Å². The Balaban J connectivity index is 2.25. The highest BCUT2D eigenvalue weighted by atomic mass is 79.9. The molecule has 0 aliphatic heterocycles. The van der Waals surface area contributed by atoms with Crippen molar-refractivity contribution in [3.8, 4) is 11.5 Å². The topological polar surface area (TPSA) is 67.9 Å². The fourth-order valence-corrected chi connectivity index (χ4v) is 3.73. The van der Waals surface area contributed by atoms with Crippen molar-refractivity contribution in [2.75, 3.05) is 13.7 Å². The monoisotopic (exact) mass is 518 g/mol. The summed E-state index contributed by atoms with van der Waals surface area (Å²) in [5.41, 5.74) is 2.98. The van der Waals surface area contributed by atoms with Crippen LogP contribution in [0.5, 0.6) is 11.5 Å². The molecule has 0 saturated heterocycles.